The first-order valence-corrected chi connectivity index (χ1v) is 8.27. The fourth-order valence-electron chi connectivity index (χ4n) is 3.55. The van der Waals surface area contributed by atoms with E-state index in [1.807, 2.05) is 6.08 Å². The highest BCUT2D eigenvalue weighted by Gasteiger charge is 2.50. The second-order valence-electron chi connectivity index (χ2n) is 6.81. The van der Waals surface area contributed by atoms with E-state index >= 15 is 0 Å². The van der Waals surface area contributed by atoms with E-state index in [1.165, 1.54) is 11.0 Å². The molecule has 5 unspecified atom stereocenters. The number of carbonyl (C=O) groups excluding carboxylic acids is 2. The summed E-state index contributed by atoms with van der Waals surface area (Å²) in [6.07, 6.45) is 1.33. The Kier molecular flexibility index (Phi) is 4.61. The maximum Gasteiger partial charge on any atom is 0.308 e. The second kappa shape index (κ2) is 6.57. The lowest BCUT2D eigenvalue weighted by Crippen LogP contribution is -2.33. The molecule has 0 spiro atoms. The molecule has 1 heterocycles. The summed E-state index contributed by atoms with van der Waals surface area (Å²) >= 11 is 0. The summed E-state index contributed by atoms with van der Waals surface area (Å²) in [5, 5.41) is 24.9. The van der Waals surface area contributed by atoms with Gasteiger partial charge in [0.15, 0.2) is 0 Å². The number of hydrogen-bond acceptors (Lipinski definition) is 7. The molecule has 1 fully saturated rings. The van der Waals surface area contributed by atoms with E-state index in [2.05, 4.69) is 10.1 Å². The van der Waals surface area contributed by atoms with Gasteiger partial charge in [-0.05, 0) is 12.0 Å². The van der Waals surface area contributed by atoms with Crippen molar-refractivity contribution >= 4 is 11.9 Å². The largest absolute Gasteiger partial charge is 0.462 e. The van der Waals surface area contributed by atoms with Crippen molar-refractivity contribution in [1.82, 2.24) is 14.8 Å². The third kappa shape index (κ3) is 3.05. The van der Waals surface area contributed by atoms with Gasteiger partial charge in [-0.15, -0.1) is 0 Å². The lowest BCUT2D eigenvalue weighted by Gasteiger charge is -2.28. The van der Waals surface area contributed by atoms with E-state index in [0.29, 0.717) is 12.8 Å². The van der Waals surface area contributed by atoms with Crippen LogP contribution in [0.15, 0.2) is 18.0 Å². The van der Waals surface area contributed by atoms with Gasteiger partial charge in [0.1, 0.15) is 24.6 Å². The van der Waals surface area contributed by atoms with Gasteiger partial charge in [-0.1, -0.05) is 19.9 Å². The molecule has 0 bridgehead atoms. The van der Waals surface area contributed by atoms with Gasteiger partial charge in [0.2, 0.25) is 5.82 Å². The molecule has 9 heteroatoms. The Morgan fingerprint density at radius 1 is 1.36 bits per heavy atom. The van der Waals surface area contributed by atoms with Crippen LogP contribution in [-0.2, 0) is 9.53 Å². The lowest BCUT2D eigenvalue weighted by molar-refractivity contribution is -0.154. The first-order chi connectivity index (χ1) is 11.8. The quantitative estimate of drug-likeness (QED) is 0.494. The van der Waals surface area contributed by atoms with Crippen LogP contribution in [0, 0.1) is 11.8 Å². The van der Waals surface area contributed by atoms with Gasteiger partial charge in [0.05, 0.1) is 12.0 Å². The number of nitrogens with zero attached hydrogens (tertiary/aromatic N) is 3. The van der Waals surface area contributed by atoms with Crippen molar-refractivity contribution in [3.05, 3.63) is 23.8 Å². The summed E-state index contributed by atoms with van der Waals surface area (Å²) in [4.78, 5) is 27.1. The number of rotatable bonds is 4. The van der Waals surface area contributed by atoms with Crippen molar-refractivity contribution in [3.63, 3.8) is 0 Å². The maximum absolute atomic E-state index is 11.8. The molecule has 25 heavy (non-hydrogen) atoms. The average Bonchev–Trinajstić information content (AvgIpc) is 3.12. The standard InChI is InChI=1S/C16H22N4O5/c1-7(2)16(24)25-8-3-4-9-10(5-8)12(21)13(22)11(9)20-15(14(17)23)18-6-19-20/h4,6-8,10-13,21-22H,3,5H2,1-2H3,(H2,17,23). The summed E-state index contributed by atoms with van der Waals surface area (Å²) < 4.78 is 6.70. The summed E-state index contributed by atoms with van der Waals surface area (Å²) in [7, 11) is 0. The van der Waals surface area contributed by atoms with Gasteiger partial charge in [0, 0.05) is 12.3 Å². The number of ether oxygens (including phenoxy) is 1. The highest BCUT2D eigenvalue weighted by atomic mass is 16.5. The summed E-state index contributed by atoms with van der Waals surface area (Å²) in [5.41, 5.74) is 6.05. The minimum absolute atomic E-state index is 0.0776. The molecule has 0 saturated heterocycles. The summed E-state index contributed by atoms with van der Waals surface area (Å²) in [5.74, 6) is -1.75. The highest BCUT2D eigenvalue weighted by Crippen LogP contribution is 2.46. The topological polar surface area (TPSA) is 141 Å². The first kappa shape index (κ1) is 17.6. The van der Waals surface area contributed by atoms with Gasteiger partial charge < -0.3 is 20.7 Å². The summed E-state index contributed by atoms with van der Waals surface area (Å²) in [6, 6.07) is -0.716. The zero-order chi connectivity index (χ0) is 18.3. The molecule has 1 aromatic rings. The Morgan fingerprint density at radius 3 is 2.72 bits per heavy atom. The number of aromatic nitrogens is 3. The van der Waals surface area contributed by atoms with Gasteiger partial charge in [-0.25, -0.2) is 9.67 Å². The molecule has 5 atom stereocenters. The van der Waals surface area contributed by atoms with Crippen LogP contribution < -0.4 is 5.73 Å². The van der Waals surface area contributed by atoms with Crippen LogP contribution in [-0.4, -0.2) is 55.2 Å². The molecule has 9 nitrogen and oxygen atoms in total. The number of amides is 1. The van der Waals surface area contributed by atoms with E-state index in [1.54, 1.807) is 13.8 Å². The van der Waals surface area contributed by atoms with Crippen molar-refractivity contribution in [2.24, 2.45) is 17.6 Å². The van der Waals surface area contributed by atoms with Gasteiger partial charge >= 0.3 is 5.97 Å². The minimum Gasteiger partial charge on any atom is -0.462 e. The number of nitrogens with two attached hydrogens (primary N) is 1. The fraction of sp³-hybridized carbons (Fsp3) is 0.625. The van der Waals surface area contributed by atoms with Crippen molar-refractivity contribution in [2.45, 2.75) is 51.0 Å². The molecule has 0 aliphatic heterocycles. The van der Waals surface area contributed by atoms with E-state index in [0.717, 1.165) is 5.57 Å². The number of aliphatic hydroxyl groups is 2. The predicted molar refractivity (Wildman–Crippen MR) is 85.1 cm³/mol. The van der Waals surface area contributed by atoms with Crippen LogP contribution >= 0.6 is 0 Å². The zero-order valence-electron chi connectivity index (χ0n) is 14.1. The molecule has 0 radical (unpaired) electrons. The molecular weight excluding hydrogens is 328 g/mol. The van der Waals surface area contributed by atoms with Crippen molar-refractivity contribution in [3.8, 4) is 0 Å². The zero-order valence-corrected chi connectivity index (χ0v) is 14.1. The van der Waals surface area contributed by atoms with Crippen molar-refractivity contribution in [2.75, 3.05) is 0 Å². The number of fused-ring (bicyclic) bond motifs is 1. The Balaban J connectivity index is 1.86. The third-order valence-corrected chi connectivity index (χ3v) is 4.80. The Labute approximate surface area is 144 Å². The van der Waals surface area contributed by atoms with Crippen LogP contribution in [0.4, 0.5) is 0 Å². The monoisotopic (exact) mass is 350 g/mol. The SMILES string of the molecule is CC(C)C(=O)OC1CC=C2C(C1)C(O)C(O)C2n1ncnc1C(N)=O. The van der Waals surface area contributed by atoms with Crippen LogP contribution in [0.25, 0.3) is 0 Å². The number of carbonyl (C=O) groups is 2. The van der Waals surface area contributed by atoms with Crippen LogP contribution in [0.3, 0.4) is 0 Å². The van der Waals surface area contributed by atoms with Crippen molar-refractivity contribution in [1.29, 1.82) is 0 Å². The van der Waals surface area contributed by atoms with E-state index < -0.39 is 24.2 Å². The molecule has 4 N–H and O–H groups in total. The minimum atomic E-state index is -1.16. The average molecular weight is 350 g/mol. The third-order valence-electron chi connectivity index (χ3n) is 4.80. The number of aliphatic hydroxyl groups excluding tert-OH is 2. The van der Waals surface area contributed by atoms with E-state index in [4.69, 9.17) is 10.5 Å². The van der Waals surface area contributed by atoms with Gasteiger partial charge in [0.25, 0.3) is 5.91 Å². The number of hydrogen-bond donors (Lipinski definition) is 3. The summed E-state index contributed by atoms with van der Waals surface area (Å²) in [6.45, 7) is 3.51. The van der Waals surface area contributed by atoms with Crippen molar-refractivity contribution < 1.29 is 24.5 Å². The smallest absolute Gasteiger partial charge is 0.308 e. The van der Waals surface area contributed by atoms with E-state index in [9.17, 15) is 19.8 Å². The Morgan fingerprint density at radius 2 is 2.08 bits per heavy atom. The van der Waals surface area contributed by atoms with Crippen LogP contribution in [0.1, 0.15) is 43.3 Å². The Hall–Kier alpha value is -2.26. The molecular formula is C16H22N4O5. The van der Waals surface area contributed by atoms with E-state index in [-0.39, 0.29) is 29.7 Å². The predicted octanol–water partition coefficient (Wildman–Crippen LogP) is -0.442. The molecule has 1 saturated carbocycles. The maximum atomic E-state index is 11.8. The molecule has 2 aliphatic rings. The lowest BCUT2D eigenvalue weighted by atomic mass is 9.86. The molecule has 0 aromatic carbocycles. The Bertz CT molecular complexity index is 713. The number of esters is 1. The van der Waals surface area contributed by atoms with Crippen LogP contribution in [0.5, 0.6) is 0 Å². The molecule has 2 aliphatic carbocycles. The molecule has 136 valence electrons. The van der Waals surface area contributed by atoms with Crippen LogP contribution in [0.2, 0.25) is 0 Å². The fourth-order valence-corrected chi connectivity index (χ4v) is 3.55. The first-order valence-electron chi connectivity index (χ1n) is 8.27. The molecule has 3 rings (SSSR count). The second-order valence-corrected chi connectivity index (χ2v) is 6.81. The normalized spacial score (nSPS) is 31.6. The number of primary amides is 1. The van der Waals surface area contributed by atoms with Gasteiger partial charge in [-0.2, -0.15) is 5.10 Å². The van der Waals surface area contributed by atoms with Gasteiger partial charge in [-0.3, -0.25) is 9.59 Å². The highest BCUT2D eigenvalue weighted by molar-refractivity contribution is 5.89. The molecule has 1 amide bonds. The molecule has 1 aromatic heterocycles.